The van der Waals surface area contributed by atoms with Crippen molar-refractivity contribution < 1.29 is 33.6 Å². The number of rotatable bonds is 14. The third-order valence-corrected chi connectivity index (χ3v) is 2.25. The molecule has 0 amide bonds. The number of aliphatic carboxylic acids is 1. The Morgan fingerprint density at radius 1 is 0.857 bits per heavy atom. The van der Waals surface area contributed by atoms with Crippen molar-refractivity contribution in [3.63, 3.8) is 0 Å². The van der Waals surface area contributed by atoms with Crippen molar-refractivity contribution in [3.05, 3.63) is 12.2 Å². The maximum Gasteiger partial charge on any atom is 0.331 e. The molecule has 122 valence electrons. The van der Waals surface area contributed by atoms with E-state index in [1.807, 2.05) is 0 Å². The predicted octanol–water partition coefficient (Wildman–Crippen LogP) is 1.02. The second-order valence-electron chi connectivity index (χ2n) is 4.12. The summed E-state index contributed by atoms with van der Waals surface area (Å²) in [4.78, 5) is 21.1. The molecular weight excluding hydrogens is 280 g/mol. The van der Waals surface area contributed by atoms with Gasteiger partial charge in [0.05, 0.1) is 6.61 Å². The summed E-state index contributed by atoms with van der Waals surface area (Å²) in [6.45, 7) is 3.33. The maximum absolute atomic E-state index is 11.0. The minimum absolute atomic E-state index is 0.205. The van der Waals surface area contributed by atoms with Crippen molar-refractivity contribution in [3.8, 4) is 0 Å². The van der Waals surface area contributed by atoms with Crippen LogP contribution >= 0.6 is 0 Å². The quantitative estimate of drug-likeness (QED) is 0.291. The molecule has 0 unspecified atom stereocenters. The van der Waals surface area contributed by atoms with Crippen LogP contribution in [0.1, 0.15) is 19.3 Å². The van der Waals surface area contributed by atoms with Crippen molar-refractivity contribution in [1.29, 1.82) is 0 Å². The van der Waals surface area contributed by atoms with E-state index in [0.717, 1.165) is 25.0 Å². The first-order valence-corrected chi connectivity index (χ1v) is 6.89. The number of carbonyl (C=O) groups excluding carboxylic acids is 1. The van der Waals surface area contributed by atoms with E-state index in [-0.39, 0.29) is 6.61 Å². The van der Waals surface area contributed by atoms with Gasteiger partial charge in [0.15, 0.2) is 0 Å². The Morgan fingerprint density at radius 3 is 1.90 bits per heavy atom. The average molecular weight is 304 g/mol. The molecule has 0 saturated carbocycles. The zero-order valence-corrected chi connectivity index (χ0v) is 12.4. The number of methoxy groups -OCH3 is 1. The first kappa shape index (κ1) is 19.6. The van der Waals surface area contributed by atoms with E-state index >= 15 is 0 Å². The molecule has 0 radical (unpaired) electrons. The minimum atomic E-state index is -1.18. The van der Waals surface area contributed by atoms with Gasteiger partial charge in [0.25, 0.3) is 0 Å². The van der Waals surface area contributed by atoms with Crippen LogP contribution in [0.5, 0.6) is 0 Å². The molecule has 0 aromatic heterocycles. The Labute approximate surface area is 124 Å². The highest BCUT2D eigenvalue weighted by Gasteiger charge is 1.98. The van der Waals surface area contributed by atoms with Gasteiger partial charge in [-0.2, -0.15) is 0 Å². The number of ether oxygens (including phenoxy) is 4. The standard InChI is InChI=1S/C14H24O7/c1-18-7-2-8-19-9-3-10-20-11-4-12-21-14(17)6-5-13(15)16/h5-6H,2-4,7-12H2,1H3,(H,15,16)/b6-5-. The van der Waals surface area contributed by atoms with Gasteiger partial charge in [0, 0.05) is 58.7 Å². The monoisotopic (exact) mass is 304 g/mol. The molecule has 0 atom stereocenters. The highest BCUT2D eigenvalue weighted by Crippen LogP contribution is 1.91. The zero-order valence-electron chi connectivity index (χ0n) is 12.4. The molecule has 0 aromatic carbocycles. The van der Waals surface area contributed by atoms with E-state index in [0.29, 0.717) is 39.5 Å². The number of esters is 1. The van der Waals surface area contributed by atoms with Crippen LogP contribution in [0.25, 0.3) is 0 Å². The van der Waals surface area contributed by atoms with Gasteiger partial charge >= 0.3 is 11.9 Å². The molecule has 7 heteroatoms. The lowest BCUT2D eigenvalue weighted by atomic mass is 10.4. The molecule has 0 aliphatic carbocycles. The average Bonchev–Trinajstić information content (AvgIpc) is 2.46. The van der Waals surface area contributed by atoms with E-state index in [1.165, 1.54) is 0 Å². The summed E-state index contributed by atoms with van der Waals surface area (Å²) in [7, 11) is 1.66. The second kappa shape index (κ2) is 15.0. The van der Waals surface area contributed by atoms with Gasteiger partial charge in [-0.05, 0) is 12.8 Å². The minimum Gasteiger partial charge on any atom is -0.478 e. The third kappa shape index (κ3) is 16.5. The van der Waals surface area contributed by atoms with E-state index in [1.54, 1.807) is 7.11 Å². The normalized spacial score (nSPS) is 10.9. The van der Waals surface area contributed by atoms with Crippen LogP contribution in [0.2, 0.25) is 0 Å². The summed E-state index contributed by atoms with van der Waals surface area (Å²) in [5, 5.41) is 8.30. The van der Waals surface area contributed by atoms with Gasteiger partial charge < -0.3 is 24.1 Å². The molecule has 0 aliphatic rings. The van der Waals surface area contributed by atoms with Crippen LogP contribution in [0, 0.1) is 0 Å². The van der Waals surface area contributed by atoms with Crippen molar-refractivity contribution in [2.24, 2.45) is 0 Å². The van der Waals surface area contributed by atoms with Gasteiger partial charge in [-0.15, -0.1) is 0 Å². The first-order valence-electron chi connectivity index (χ1n) is 6.89. The molecule has 7 nitrogen and oxygen atoms in total. The fourth-order valence-corrected chi connectivity index (χ4v) is 1.29. The summed E-state index contributed by atoms with van der Waals surface area (Å²) in [5.74, 6) is -1.85. The Bertz CT molecular complexity index is 302. The SMILES string of the molecule is COCCCOCCCOCCCOC(=O)/C=C\C(=O)O. The summed E-state index contributed by atoms with van der Waals surface area (Å²) < 4.78 is 20.4. The lowest BCUT2D eigenvalue weighted by molar-refractivity contribution is -0.139. The lowest BCUT2D eigenvalue weighted by Gasteiger charge is -2.06. The van der Waals surface area contributed by atoms with Crippen LogP contribution < -0.4 is 0 Å². The molecule has 0 bridgehead atoms. The molecule has 21 heavy (non-hydrogen) atoms. The van der Waals surface area contributed by atoms with Crippen molar-refractivity contribution in [2.45, 2.75) is 19.3 Å². The Hall–Kier alpha value is -1.44. The van der Waals surface area contributed by atoms with Crippen molar-refractivity contribution in [1.82, 2.24) is 0 Å². The third-order valence-electron chi connectivity index (χ3n) is 2.25. The van der Waals surface area contributed by atoms with Crippen LogP contribution in [-0.2, 0) is 28.5 Å². The zero-order chi connectivity index (χ0) is 15.8. The van der Waals surface area contributed by atoms with Crippen LogP contribution in [0.15, 0.2) is 12.2 Å². The molecule has 1 N–H and O–H groups in total. The smallest absolute Gasteiger partial charge is 0.331 e. The number of carboxylic acids is 1. The predicted molar refractivity (Wildman–Crippen MR) is 75.1 cm³/mol. The number of hydrogen-bond acceptors (Lipinski definition) is 6. The first-order chi connectivity index (χ1) is 10.2. The van der Waals surface area contributed by atoms with Crippen LogP contribution in [0.3, 0.4) is 0 Å². The summed E-state index contributed by atoms with van der Waals surface area (Å²) >= 11 is 0. The summed E-state index contributed by atoms with van der Waals surface area (Å²) in [6, 6.07) is 0. The van der Waals surface area contributed by atoms with Gasteiger partial charge in [-0.25, -0.2) is 9.59 Å². The largest absolute Gasteiger partial charge is 0.478 e. The van der Waals surface area contributed by atoms with Crippen molar-refractivity contribution in [2.75, 3.05) is 46.8 Å². The molecule has 0 spiro atoms. The topological polar surface area (TPSA) is 91.3 Å². The van der Waals surface area contributed by atoms with E-state index in [4.69, 9.17) is 24.1 Å². The number of carbonyl (C=O) groups is 2. The van der Waals surface area contributed by atoms with E-state index in [2.05, 4.69) is 0 Å². The van der Waals surface area contributed by atoms with Gasteiger partial charge in [-0.1, -0.05) is 0 Å². The van der Waals surface area contributed by atoms with E-state index in [9.17, 15) is 9.59 Å². The molecular formula is C14H24O7. The molecule has 0 aliphatic heterocycles. The van der Waals surface area contributed by atoms with Gasteiger partial charge in [0.2, 0.25) is 0 Å². The fraction of sp³-hybridized carbons (Fsp3) is 0.714. The highest BCUT2D eigenvalue weighted by atomic mass is 16.5. The number of hydrogen-bond donors (Lipinski definition) is 1. The fourth-order valence-electron chi connectivity index (χ4n) is 1.29. The van der Waals surface area contributed by atoms with Gasteiger partial charge in [0.1, 0.15) is 0 Å². The van der Waals surface area contributed by atoms with E-state index < -0.39 is 11.9 Å². The maximum atomic E-state index is 11.0. The van der Waals surface area contributed by atoms with Gasteiger partial charge in [-0.3, -0.25) is 0 Å². The highest BCUT2D eigenvalue weighted by molar-refractivity contribution is 5.90. The molecule has 0 rings (SSSR count). The Kier molecular flexibility index (Phi) is 13.9. The molecule has 0 fully saturated rings. The number of carboxylic acid groups (broad SMARTS) is 1. The lowest BCUT2D eigenvalue weighted by Crippen LogP contribution is -2.08. The van der Waals surface area contributed by atoms with Crippen LogP contribution in [0.4, 0.5) is 0 Å². The van der Waals surface area contributed by atoms with Crippen molar-refractivity contribution >= 4 is 11.9 Å². The molecule has 0 saturated heterocycles. The second-order valence-corrected chi connectivity index (χ2v) is 4.12. The van der Waals surface area contributed by atoms with Crippen LogP contribution in [-0.4, -0.2) is 63.8 Å². The summed E-state index contributed by atoms with van der Waals surface area (Å²) in [6.07, 6.45) is 3.89. The Morgan fingerprint density at radius 2 is 1.38 bits per heavy atom. The summed E-state index contributed by atoms with van der Waals surface area (Å²) in [5.41, 5.74) is 0. The molecule has 0 aromatic rings. The molecule has 0 heterocycles. The Balaban J connectivity index is 3.19.